The highest BCUT2D eigenvalue weighted by atomic mass is 16.5. The van der Waals surface area contributed by atoms with Crippen LogP contribution in [-0.4, -0.2) is 63.2 Å². The zero-order chi connectivity index (χ0) is 16.6. The van der Waals surface area contributed by atoms with E-state index >= 15 is 0 Å². The number of benzene rings is 1. The van der Waals surface area contributed by atoms with Crippen molar-refractivity contribution in [1.29, 1.82) is 0 Å². The molecular formula is C17H22N2O4. The minimum absolute atomic E-state index is 0.0512. The van der Waals surface area contributed by atoms with Crippen molar-refractivity contribution in [2.24, 2.45) is 0 Å². The number of furan rings is 1. The normalized spacial score (nSPS) is 15.9. The lowest BCUT2D eigenvalue weighted by molar-refractivity contribution is 0.0634. The number of amides is 1. The van der Waals surface area contributed by atoms with Crippen molar-refractivity contribution in [2.45, 2.75) is 6.92 Å². The lowest BCUT2D eigenvalue weighted by Crippen LogP contribution is -2.47. The van der Waals surface area contributed by atoms with E-state index in [1.807, 2.05) is 17.9 Å². The third-order valence-corrected chi connectivity index (χ3v) is 4.43. The van der Waals surface area contributed by atoms with Crippen LogP contribution in [0.15, 0.2) is 16.5 Å². The molecule has 0 bridgehead atoms. The maximum atomic E-state index is 12.8. The number of carbonyl (C=O) groups is 1. The summed E-state index contributed by atoms with van der Waals surface area (Å²) < 4.78 is 16.5. The Hall–Kier alpha value is -2.21. The summed E-state index contributed by atoms with van der Waals surface area (Å²) in [5.41, 5.74) is 1.47. The SMILES string of the molecule is COc1cc2oc(C(=O)N3CCN(C)CC3)c(C)c2cc1OC. The summed E-state index contributed by atoms with van der Waals surface area (Å²) in [4.78, 5) is 16.8. The maximum Gasteiger partial charge on any atom is 0.289 e. The number of fused-ring (bicyclic) bond motifs is 1. The highest BCUT2D eigenvalue weighted by molar-refractivity contribution is 5.99. The average Bonchev–Trinajstić information content (AvgIpc) is 2.89. The van der Waals surface area contributed by atoms with Gasteiger partial charge in [-0.25, -0.2) is 0 Å². The molecule has 6 heteroatoms. The Morgan fingerprint density at radius 3 is 2.30 bits per heavy atom. The first-order valence-electron chi connectivity index (χ1n) is 7.68. The first kappa shape index (κ1) is 15.7. The monoisotopic (exact) mass is 318 g/mol. The molecular weight excluding hydrogens is 296 g/mol. The summed E-state index contributed by atoms with van der Waals surface area (Å²) >= 11 is 0. The molecule has 3 rings (SSSR count). The maximum absolute atomic E-state index is 12.8. The van der Waals surface area contributed by atoms with E-state index in [0.717, 1.165) is 37.1 Å². The topological polar surface area (TPSA) is 55.2 Å². The van der Waals surface area contributed by atoms with Gasteiger partial charge in [0, 0.05) is 43.2 Å². The third kappa shape index (κ3) is 2.74. The summed E-state index contributed by atoms with van der Waals surface area (Å²) in [5.74, 6) is 1.57. The van der Waals surface area contributed by atoms with Crippen molar-refractivity contribution >= 4 is 16.9 Å². The van der Waals surface area contributed by atoms with Crippen LogP contribution < -0.4 is 9.47 Å². The second-order valence-corrected chi connectivity index (χ2v) is 5.86. The smallest absolute Gasteiger partial charge is 0.289 e. The Bertz CT molecular complexity index is 730. The standard InChI is InChI=1S/C17H22N2O4/c1-11-12-9-14(21-3)15(22-4)10-13(12)23-16(11)17(20)19-7-5-18(2)6-8-19/h9-10H,5-8H2,1-4H3. The molecule has 0 saturated carbocycles. The van der Waals surface area contributed by atoms with Crippen LogP contribution in [0.2, 0.25) is 0 Å². The predicted octanol–water partition coefficient (Wildman–Crippen LogP) is 2.15. The van der Waals surface area contributed by atoms with E-state index in [4.69, 9.17) is 13.9 Å². The molecule has 23 heavy (non-hydrogen) atoms. The highest BCUT2D eigenvalue weighted by Crippen LogP contribution is 2.36. The Morgan fingerprint density at radius 1 is 1.09 bits per heavy atom. The number of piperazine rings is 1. The summed E-state index contributed by atoms with van der Waals surface area (Å²) in [6.07, 6.45) is 0. The van der Waals surface area contributed by atoms with Gasteiger partial charge in [-0.3, -0.25) is 4.79 Å². The second kappa shape index (κ2) is 6.12. The quantitative estimate of drug-likeness (QED) is 0.868. The highest BCUT2D eigenvalue weighted by Gasteiger charge is 2.26. The molecule has 1 aromatic carbocycles. The van der Waals surface area contributed by atoms with Crippen molar-refractivity contribution in [3.05, 3.63) is 23.5 Å². The molecule has 0 radical (unpaired) electrons. The molecule has 1 amide bonds. The lowest BCUT2D eigenvalue weighted by atomic mass is 10.1. The molecule has 2 heterocycles. The Balaban J connectivity index is 1.98. The van der Waals surface area contributed by atoms with Gasteiger partial charge in [-0.2, -0.15) is 0 Å². The number of methoxy groups -OCH3 is 2. The van der Waals surface area contributed by atoms with Crippen LogP contribution >= 0.6 is 0 Å². The van der Waals surface area contributed by atoms with Gasteiger partial charge < -0.3 is 23.7 Å². The van der Waals surface area contributed by atoms with Gasteiger partial charge in [0.2, 0.25) is 0 Å². The van der Waals surface area contributed by atoms with Gasteiger partial charge in [-0.1, -0.05) is 0 Å². The summed E-state index contributed by atoms with van der Waals surface area (Å²) in [6.45, 7) is 5.11. The molecule has 1 saturated heterocycles. The van der Waals surface area contributed by atoms with Gasteiger partial charge in [0.05, 0.1) is 14.2 Å². The average molecular weight is 318 g/mol. The molecule has 1 aliphatic heterocycles. The summed E-state index contributed by atoms with van der Waals surface area (Å²) in [6, 6.07) is 3.62. The van der Waals surface area contributed by atoms with Gasteiger partial charge in [0.15, 0.2) is 17.3 Å². The van der Waals surface area contributed by atoms with Gasteiger partial charge in [0.1, 0.15) is 5.58 Å². The first-order valence-corrected chi connectivity index (χ1v) is 7.68. The van der Waals surface area contributed by atoms with E-state index in [1.165, 1.54) is 0 Å². The molecule has 0 atom stereocenters. The van der Waals surface area contributed by atoms with Gasteiger partial charge in [-0.05, 0) is 20.0 Å². The van der Waals surface area contributed by atoms with E-state index < -0.39 is 0 Å². The van der Waals surface area contributed by atoms with E-state index in [-0.39, 0.29) is 5.91 Å². The summed E-state index contributed by atoms with van der Waals surface area (Å²) in [5, 5.41) is 0.875. The molecule has 0 aliphatic carbocycles. The van der Waals surface area contributed by atoms with Crippen LogP contribution in [0.3, 0.4) is 0 Å². The summed E-state index contributed by atoms with van der Waals surface area (Å²) in [7, 11) is 5.23. The number of ether oxygens (including phenoxy) is 2. The van der Waals surface area contributed by atoms with Crippen LogP contribution in [0.1, 0.15) is 16.1 Å². The first-order chi connectivity index (χ1) is 11.0. The Morgan fingerprint density at radius 2 is 1.70 bits per heavy atom. The molecule has 2 aromatic rings. The number of rotatable bonds is 3. The number of aryl methyl sites for hydroxylation is 1. The molecule has 1 fully saturated rings. The van der Waals surface area contributed by atoms with Crippen molar-refractivity contribution in [3.8, 4) is 11.5 Å². The molecule has 0 unspecified atom stereocenters. The van der Waals surface area contributed by atoms with Crippen LogP contribution in [-0.2, 0) is 0 Å². The molecule has 1 aromatic heterocycles. The fourth-order valence-corrected chi connectivity index (χ4v) is 2.90. The Kier molecular flexibility index (Phi) is 4.17. The van der Waals surface area contributed by atoms with Crippen LogP contribution in [0.4, 0.5) is 0 Å². The zero-order valence-electron chi connectivity index (χ0n) is 14.0. The zero-order valence-corrected chi connectivity index (χ0v) is 14.0. The fourth-order valence-electron chi connectivity index (χ4n) is 2.90. The largest absolute Gasteiger partial charge is 0.493 e. The number of nitrogens with zero attached hydrogens (tertiary/aromatic N) is 2. The minimum atomic E-state index is -0.0512. The van der Waals surface area contributed by atoms with Crippen molar-refractivity contribution in [3.63, 3.8) is 0 Å². The van der Waals surface area contributed by atoms with Gasteiger partial charge in [-0.15, -0.1) is 0 Å². The van der Waals surface area contributed by atoms with Gasteiger partial charge >= 0.3 is 0 Å². The van der Waals surface area contributed by atoms with E-state index in [1.54, 1.807) is 20.3 Å². The van der Waals surface area contributed by atoms with Crippen LogP contribution in [0.25, 0.3) is 11.0 Å². The molecule has 1 aliphatic rings. The second-order valence-electron chi connectivity index (χ2n) is 5.86. The van der Waals surface area contributed by atoms with Crippen molar-refractivity contribution in [2.75, 3.05) is 47.4 Å². The van der Waals surface area contributed by atoms with E-state index in [9.17, 15) is 4.79 Å². The number of likely N-dealkylation sites (N-methyl/N-ethyl adjacent to an activating group) is 1. The van der Waals surface area contributed by atoms with Crippen LogP contribution in [0.5, 0.6) is 11.5 Å². The van der Waals surface area contributed by atoms with Crippen molar-refractivity contribution in [1.82, 2.24) is 9.80 Å². The van der Waals surface area contributed by atoms with Crippen molar-refractivity contribution < 1.29 is 18.7 Å². The van der Waals surface area contributed by atoms with Gasteiger partial charge in [0.25, 0.3) is 5.91 Å². The van der Waals surface area contributed by atoms with E-state index in [2.05, 4.69) is 11.9 Å². The minimum Gasteiger partial charge on any atom is -0.493 e. The van der Waals surface area contributed by atoms with Crippen LogP contribution in [0, 0.1) is 6.92 Å². The van der Waals surface area contributed by atoms with E-state index in [0.29, 0.717) is 22.8 Å². The fraction of sp³-hybridized carbons (Fsp3) is 0.471. The Labute approximate surface area is 135 Å². The predicted molar refractivity (Wildman–Crippen MR) is 87.5 cm³/mol. The molecule has 0 N–H and O–H groups in total. The number of carbonyl (C=O) groups excluding carboxylic acids is 1. The number of hydrogen-bond donors (Lipinski definition) is 0. The molecule has 0 spiro atoms. The molecule has 6 nitrogen and oxygen atoms in total. The number of hydrogen-bond acceptors (Lipinski definition) is 5. The third-order valence-electron chi connectivity index (χ3n) is 4.43. The lowest BCUT2D eigenvalue weighted by Gasteiger charge is -2.31. The molecule has 124 valence electrons.